The first kappa shape index (κ1) is 14.9. The van der Waals surface area contributed by atoms with Crippen LogP contribution < -0.4 is 0 Å². The lowest BCUT2D eigenvalue weighted by atomic mass is 10.00. The third-order valence-electron chi connectivity index (χ3n) is 3.03. The van der Waals surface area contributed by atoms with Crippen molar-refractivity contribution in [3.8, 4) is 0 Å². The van der Waals surface area contributed by atoms with Gasteiger partial charge in [-0.05, 0) is 68.2 Å². The average molecular weight is 435 g/mol. The minimum Gasteiger partial charge on any atom is -0.388 e. The van der Waals surface area contributed by atoms with Crippen LogP contribution in [0.15, 0.2) is 40.9 Å². The van der Waals surface area contributed by atoms with E-state index in [9.17, 15) is 9.50 Å². The van der Waals surface area contributed by atoms with E-state index in [1.807, 2.05) is 31.2 Å². The van der Waals surface area contributed by atoms with Crippen LogP contribution in [0.3, 0.4) is 0 Å². The zero-order valence-corrected chi connectivity index (χ0v) is 14.1. The van der Waals surface area contributed by atoms with Crippen LogP contribution in [0.2, 0.25) is 0 Å². The lowest BCUT2D eigenvalue weighted by molar-refractivity contribution is 0.177. The smallest absolute Gasteiger partial charge is 0.137 e. The summed E-state index contributed by atoms with van der Waals surface area (Å²) in [5.74, 6) is -0.302. The van der Waals surface area contributed by atoms with Crippen molar-refractivity contribution in [2.24, 2.45) is 0 Å². The predicted molar refractivity (Wildman–Crippen MR) is 86.7 cm³/mol. The van der Waals surface area contributed by atoms with Crippen molar-refractivity contribution in [2.45, 2.75) is 19.4 Å². The maximum atomic E-state index is 13.4. The SMILES string of the molecule is Cc1cccc(C(O)Cc2cccc(F)c2Br)c1I. The van der Waals surface area contributed by atoms with Crippen molar-refractivity contribution in [3.63, 3.8) is 0 Å². The van der Waals surface area contributed by atoms with Crippen molar-refractivity contribution in [1.29, 1.82) is 0 Å². The Hall–Kier alpha value is -0.460. The van der Waals surface area contributed by atoms with E-state index in [0.29, 0.717) is 10.9 Å². The van der Waals surface area contributed by atoms with E-state index in [0.717, 1.165) is 20.3 Å². The second-order valence-electron chi connectivity index (χ2n) is 4.41. The Labute approximate surface area is 134 Å². The number of rotatable bonds is 3. The number of aryl methyl sites for hydroxylation is 1. The molecular formula is C15H13BrFIO. The fraction of sp³-hybridized carbons (Fsp3) is 0.200. The summed E-state index contributed by atoms with van der Waals surface area (Å²) >= 11 is 5.46. The van der Waals surface area contributed by atoms with Crippen LogP contribution in [0.4, 0.5) is 4.39 Å². The number of halogens is 3. The second kappa shape index (κ2) is 6.33. The fourth-order valence-corrected chi connectivity index (χ4v) is 3.10. The van der Waals surface area contributed by atoms with Gasteiger partial charge in [0.05, 0.1) is 10.6 Å². The highest BCUT2D eigenvalue weighted by Crippen LogP contribution is 2.29. The summed E-state index contributed by atoms with van der Waals surface area (Å²) in [5.41, 5.74) is 2.79. The van der Waals surface area contributed by atoms with Gasteiger partial charge >= 0.3 is 0 Å². The highest BCUT2D eigenvalue weighted by molar-refractivity contribution is 14.1. The first-order chi connectivity index (χ1) is 9.00. The van der Waals surface area contributed by atoms with Gasteiger partial charge in [-0.15, -0.1) is 0 Å². The van der Waals surface area contributed by atoms with Gasteiger partial charge < -0.3 is 5.11 Å². The van der Waals surface area contributed by atoms with Crippen LogP contribution in [-0.4, -0.2) is 5.11 Å². The van der Waals surface area contributed by atoms with Crippen molar-refractivity contribution in [2.75, 3.05) is 0 Å². The molecule has 100 valence electrons. The molecule has 0 saturated carbocycles. The third kappa shape index (κ3) is 3.35. The molecule has 4 heteroatoms. The molecule has 0 aromatic heterocycles. The normalized spacial score (nSPS) is 12.5. The minimum absolute atomic E-state index is 0.302. The molecule has 0 aliphatic carbocycles. The first-order valence-corrected chi connectivity index (χ1v) is 7.74. The van der Waals surface area contributed by atoms with Gasteiger partial charge in [0.15, 0.2) is 0 Å². The predicted octanol–water partition coefficient (Wildman–Crippen LogP) is 4.78. The molecule has 1 atom stereocenters. The van der Waals surface area contributed by atoms with Crippen molar-refractivity contribution >= 4 is 38.5 Å². The molecule has 1 unspecified atom stereocenters. The molecular weight excluding hydrogens is 422 g/mol. The Bertz CT molecular complexity index is 601. The largest absolute Gasteiger partial charge is 0.388 e. The third-order valence-corrected chi connectivity index (χ3v) is 5.39. The van der Waals surface area contributed by atoms with E-state index >= 15 is 0 Å². The Morgan fingerprint density at radius 3 is 2.68 bits per heavy atom. The van der Waals surface area contributed by atoms with Crippen LogP contribution in [0.25, 0.3) is 0 Å². The fourth-order valence-electron chi connectivity index (χ4n) is 1.95. The molecule has 2 aromatic carbocycles. The molecule has 1 N–H and O–H groups in total. The summed E-state index contributed by atoms with van der Waals surface area (Å²) in [6.07, 6.45) is -0.248. The van der Waals surface area contributed by atoms with Gasteiger partial charge in [-0.2, -0.15) is 0 Å². The topological polar surface area (TPSA) is 20.2 Å². The van der Waals surface area contributed by atoms with Crippen LogP contribution in [0.1, 0.15) is 22.8 Å². The summed E-state index contributed by atoms with van der Waals surface area (Å²) < 4.78 is 14.9. The lowest BCUT2D eigenvalue weighted by Crippen LogP contribution is -2.05. The molecule has 0 heterocycles. The van der Waals surface area contributed by atoms with Crippen LogP contribution in [0, 0.1) is 16.3 Å². The number of hydrogen-bond donors (Lipinski definition) is 1. The van der Waals surface area contributed by atoms with Gasteiger partial charge in [0.25, 0.3) is 0 Å². The van der Waals surface area contributed by atoms with Gasteiger partial charge in [0.2, 0.25) is 0 Å². The molecule has 19 heavy (non-hydrogen) atoms. The first-order valence-electron chi connectivity index (χ1n) is 5.86. The highest BCUT2D eigenvalue weighted by atomic mass is 127. The molecule has 2 aromatic rings. The van der Waals surface area contributed by atoms with Crippen molar-refractivity contribution in [1.82, 2.24) is 0 Å². The van der Waals surface area contributed by atoms with E-state index in [-0.39, 0.29) is 5.82 Å². The van der Waals surface area contributed by atoms with E-state index in [1.54, 1.807) is 6.07 Å². The molecule has 0 amide bonds. The van der Waals surface area contributed by atoms with E-state index in [2.05, 4.69) is 38.5 Å². The zero-order valence-electron chi connectivity index (χ0n) is 10.3. The zero-order chi connectivity index (χ0) is 14.0. The molecule has 0 aliphatic heterocycles. The van der Waals surface area contributed by atoms with Crippen molar-refractivity contribution in [3.05, 3.63) is 66.9 Å². The standard InChI is InChI=1S/C15H13BrFIO/c1-9-4-2-6-11(15(9)18)13(19)8-10-5-3-7-12(17)14(10)16/h2-7,13,19H,8H2,1H3. The van der Waals surface area contributed by atoms with Crippen molar-refractivity contribution < 1.29 is 9.50 Å². The number of aliphatic hydroxyl groups is 1. The van der Waals surface area contributed by atoms with Gasteiger partial charge in [0, 0.05) is 9.99 Å². The minimum atomic E-state index is -0.634. The number of aliphatic hydroxyl groups excluding tert-OH is 1. The maximum Gasteiger partial charge on any atom is 0.137 e. The second-order valence-corrected chi connectivity index (χ2v) is 6.28. The van der Waals surface area contributed by atoms with Gasteiger partial charge in [-0.3, -0.25) is 0 Å². The molecule has 0 aliphatic rings. The molecule has 2 rings (SSSR count). The molecule has 0 fully saturated rings. The van der Waals surface area contributed by atoms with E-state index in [4.69, 9.17) is 0 Å². The van der Waals surface area contributed by atoms with Gasteiger partial charge in [-0.25, -0.2) is 4.39 Å². The Balaban J connectivity index is 2.28. The number of hydrogen-bond acceptors (Lipinski definition) is 1. The number of benzene rings is 2. The Kier molecular flexibility index (Phi) is 4.97. The van der Waals surface area contributed by atoms with E-state index in [1.165, 1.54) is 6.07 Å². The molecule has 0 saturated heterocycles. The summed E-state index contributed by atoms with van der Waals surface area (Å²) in [7, 11) is 0. The summed E-state index contributed by atoms with van der Waals surface area (Å²) in [6, 6.07) is 10.7. The van der Waals surface area contributed by atoms with Gasteiger partial charge in [-0.1, -0.05) is 30.3 Å². The molecule has 0 bridgehead atoms. The van der Waals surface area contributed by atoms with Crippen LogP contribution in [-0.2, 0) is 6.42 Å². The monoisotopic (exact) mass is 434 g/mol. The molecule has 0 spiro atoms. The summed E-state index contributed by atoms with van der Waals surface area (Å²) in [4.78, 5) is 0. The average Bonchev–Trinajstić information content (AvgIpc) is 2.38. The maximum absolute atomic E-state index is 13.4. The quantitative estimate of drug-likeness (QED) is 0.689. The van der Waals surface area contributed by atoms with Gasteiger partial charge in [0.1, 0.15) is 5.82 Å². The van der Waals surface area contributed by atoms with Crippen LogP contribution >= 0.6 is 38.5 Å². The molecule has 1 nitrogen and oxygen atoms in total. The highest BCUT2D eigenvalue weighted by Gasteiger charge is 2.15. The summed E-state index contributed by atoms with van der Waals surface area (Å²) in [6.45, 7) is 2.01. The Morgan fingerprint density at radius 1 is 1.26 bits per heavy atom. The van der Waals surface area contributed by atoms with Crippen LogP contribution in [0.5, 0.6) is 0 Å². The molecule has 0 radical (unpaired) electrons. The summed E-state index contributed by atoms with van der Waals surface area (Å²) in [5, 5.41) is 10.3. The van der Waals surface area contributed by atoms with E-state index < -0.39 is 6.10 Å². The lowest BCUT2D eigenvalue weighted by Gasteiger charge is -2.15. The Morgan fingerprint density at radius 2 is 1.95 bits per heavy atom.